The van der Waals surface area contributed by atoms with Crippen molar-refractivity contribution >= 4 is 16.8 Å². The van der Waals surface area contributed by atoms with Crippen LogP contribution in [0.4, 0.5) is 4.39 Å². The zero-order valence-electron chi connectivity index (χ0n) is 17.5. The van der Waals surface area contributed by atoms with Crippen molar-refractivity contribution in [3.05, 3.63) is 53.5 Å². The molecule has 3 atom stereocenters. The van der Waals surface area contributed by atoms with Gasteiger partial charge in [-0.3, -0.25) is 9.78 Å². The molecule has 1 N–H and O–H groups in total. The van der Waals surface area contributed by atoms with E-state index in [-0.39, 0.29) is 22.7 Å². The topological polar surface area (TPSA) is 42.0 Å². The quantitative estimate of drug-likeness (QED) is 0.700. The molecular weight excluding hydrogens is 363 g/mol. The van der Waals surface area contributed by atoms with Gasteiger partial charge in [0, 0.05) is 17.1 Å². The Labute approximate surface area is 171 Å². The van der Waals surface area contributed by atoms with Gasteiger partial charge in [-0.05, 0) is 100 Å². The predicted molar refractivity (Wildman–Crippen MR) is 113 cm³/mol. The van der Waals surface area contributed by atoms with Gasteiger partial charge in [0.15, 0.2) is 0 Å². The van der Waals surface area contributed by atoms with Gasteiger partial charge >= 0.3 is 0 Å². The summed E-state index contributed by atoms with van der Waals surface area (Å²) < 4.78 is 13.8. The van der Waals surface area contributed by atoms with E-state index in [1.807, 2.05) is 27.0 Å². The van der Waals surface area contributed by atoms with Crippen LogP contribution in [-0.2, 0) is 4.79 Å². The van der Waals surface area contributed by atoms with Crippen molar-refractivity contribution in [1.29, 1.82) is 0 Å². The monoisotopic (exact) mass is 392 g/mol. The molecule has 1 heterocycles. The number of carbonyl (C=O) groups is 1. The molecule has 1 aromatic carbocycles. The Morgan fingerprint density at radius 2 is 2.00 bits per heavy atom. The van der Waals surface area contributed by atoms with Gasteiger partial charge in [-0.25, -0.2) is 4.39 Å². The summed E-state index contributed by atoms with van der Waals surface area (Å²) in [6.07, 6.45) is 9.47. The fourth-order valence-electron chi connectivity index (χ4n) is 5.59. The van der Waals surface area contributed by atoms with Gasteiger partial charge in [-0.1, -0.05) is 11.6 Å². The molecule has 3 aliphatic carbocycles. The third kappa shape index (κ3) is 3.27. The lowest BCUT2D eigenvalue weighted by molar-refractivity contribution is -0.126. The van der Waals surface area contributed by atoms with Crippen LogP contribution < -0.4 is 5.32 Å². The fraction of sp³-hybridized carbons (Fsp3) is 0.520. The van der Waals surface area contributed by atoms with Crippen LogP contribution in [0, 0.1) is 23.1 Å². The molecule has 1 amide bonds. The summed E-state index contributed by atoms with van der Waals surface area (Å²) >= 11 is 0. The van der Waals surface area contributed by atoms with E-state index in [0.29, 0.717) is 17.8 Å². The van der Waals surface area contributed by atoms with Gasteiger partial charge in [0.1, 0.15) is 5.82 Å². The molecule has 4 heteroatoms. The molecule has 0 bridgehead atoms. The molecule has 0 unspecified atom stereocenters. The molecule has 0 aliphatic heterocycles. The number of nitrogens with one attached hydrogen (secondary N) is 1. The second-order valence-electron chi connectivity index (χ2n) is 10.3. The van der Waals surface area contributed by atoms with Crippen molar-refractivity contribution in [3.8, 4) is 0 Å². The first kappa shape index (κ1) is 18.8. The number of fused-ring (bicyclic) bond motifs is 2. The van der Waals surface area contributed by atoms with E-state index in [0.717, 1.165) is 43.0 Å². The smallest absolute Gasteiger partial charge is 0.230 e. The number of amides is 1. The highest BCUT2D eigenvalue weighted by Crippen LogP contribution is 2.60. The van der Waals surface area contributed by atoms with Crippen molar-refractivity contribution in [3.63, 3.8) is 0 Å². The lowest BCUT2D eigenvalue weighted by Crippen LogP contribution is -2.45. The molecule has 2 aromatic rings. The zero-order chi connectivity index (χ0) is 20.4. The summed E-state index contributed by atoms with van der Waals surface area (Å²) in [6.45, 7) is 6.14. The second kappa shape index (κ2) is 6.38. The van der Waals surface area contributed by atoms with Crippen LogP contribution in [0.1, 0.15) is 64.4 Å². The Bertz CT molecular complexity index is 1020. The number of nitrogens with zero attached hydrogens (tertiary/aromatic N) is 1. The Hall–Kier alpha value is -2.23. The third-order valence-electron chi connectivity index (χ3n) is 7.11. The molecule has 29 heavy (non-hydrogen) atoms. The van der Waals surface area contributed by atoms with Crippen molar-refractivity contribution < 1.29 is 9.18 Å². The number of hydrogen-bond acceptors (Lipinski definition) is 2. The van der Waals surface area contributed by atoms with Gasteiger partial charge in [0.25, 0.3) is 0 Å². The minimum Gasteiger partial charge on any atom is -0.351 e. The standard InChI is InChI=1S/C25H29FN2O/c1-24(2,3)28-23(29)25(7-8-25)18-12-15-10-17(11-16(15)13-18)20-6-9-27-22-5-4-19(26)14-21(20)22/h4-6,9,12,14-17H,7-8,10-11,13H2,1-3H3,(H,28,29)/t15-,16+,17-/m1/s1. The van der Waals surface area contributed by atoms with E-state index in [9.17, 15) is 9.18 Å². The highest BCUT2D eigenvalue weighted by Gasteiger charge is 2.56. The van der Waals surface area contributed by atoms with Crippen LogP contribution in [0.2, 0.25) is 0 Å². The number of allylic oxidation sites excluding steroid dienone is 1. The van der Waals surface area contributed by atoms with Gasteiger partial charge in [-0.15, -0.1) is 0 Å². The maximum atomic E-state index is 13.8. The molecule has 3 nitrogen and oxygen atoms in total. The van der Waals surface area contributed by atoms with Gasteiger partial charge < -0.3 is 5.32 Å². The van der Waals surface area contributed by atoms with Crippen LogP contribution in [0.3, 0.4) is 0 Å². The Morgan fingerprint density at radius 3 is 2.69 bits per heavy atom. The van der Waals surface area contributed by atoms with Crippen molar-refractivity contribution in [2.45, 2.75) is 64.3 Å². The Morgan fingerprint density at radius 1 is 1.21 bits per heavy atom. The largest absolute Gasteiger partial charge is 0.351 e. The number of aromatic nitrogens is 1. The average molecular weight is 393 g/mol. The Kier molecular flexibility index (Phi) is 4.13. The highest BCUT2D eigenvalue weighted by molar-refractivity contribution is 5.89. The number of hydrogen-bond donors (Lipinski definition) is 1. The molecule has 152 valence electrons. The van der Waals surface area contributed by atoms with Crippen LogP contribution in [0.5, 0.6) is 0 Å². The van der Waals surface area contributed by atoms with Crippen molar-refractivity contribution in [2.24, 2.45) is 17.3 Å². The second-order valence-corrected chi connectivity index (χ2v) is 10.3. The fourth-order valence-corrected chi connectivity index (χ4v) is 5.59. The van der Waals surface area contributed by atoms with Crippen LogP contribution in [0.25, 0.3) is 10.9 Å². The molecular formula is C25H29FN2O. The van der Waals surface area contributed by atoms with E-state index in [4.69, 9.17) is 0 Å². The molecule has 2 fully saturated rings. The van der Waals surface area contributed by atoms with Gasteiger partial charge in [-0.2, -0.15) is 0 Å². The first-order valence-electron chi connectivity index (χ1n) is 10.8. The summed E-state index contributed by atoms with van der Waals surface area (Å²) in [5.41, 5.74) is 3.04. The Balaban J connectivity index is 1.37. The average Bonchev–Trinajstić information content (AvgIpc) is 3.22. The molecule has 5 rings (SSSR count). The van der Waals surface area contributed by atoms with Crippen LogP contribution in [-0.4, -0.2) is 16.4 Å². The summed E-state index contributed by atoms with van der Waals surface area (Å²) in [5, 5.41) is 4.15. The predicted octanol–water partition coefficient (Wildman–Crippen LogP) is 5.51. The van der Waals surface area contributed by atoms with Crippen LogP contribution in [0.15, 0.2) is 42.1 Å². The number of benzene rings is 1. The highest BCUT2D eigenvalue weighted by atomic mass is 19.1. The summed E-state index contributed by atoms with van der Waals surface area (Å²) in [6, 6.07) is 6.95. The first-order valence-corrected chi connectivity index (χ1v) is 10.8. The maximum Gasteiger partial charge on any atom is 0.230 e. The third-order valence-corrected chi connectivity index (χ3v) is 7.11. The normalized spacial score (nSPS) is 27.6. The van der Waals surface area contributed by atoms with E-state index in [2.05, 4.69) is 22.4 Å². The SMILES string of the molecule is CC(C)(C)NC(=O)C1(C2=C[C@H]3C[C@@H](c4ccnc5ccc(F)cc45)C[C@H]3C2)CC1. The zero-order valence-corrected chi connectivity index (χ0v) is 17.5. The molecule has 0 saturated heterocycles. The van der Waals surface area contributed by atoms with Gasteiger partial charge in [0.05, 0.1) is 10.9 Å². The molecule has 1 aromatic heterocycles. The van der Waals surface area contributed by atoms with E-state index < -0.39 is 0 Å². The molecule has 0 radical (unpaired) electrons. The number of pyridine rings is 1. The first-order chi connectivity index (χ1) is 13.7. The van der Waals surface area contributed by atoms with Crippen molar-refractivity contribution in [2.75, 3.05) is 0 Å². The van der Waals surface area contributed by atoms with Gasteiger partial charge in [0.2, 0.25) is 5.91 Å². The minimum atomic E-state index is -0.236. The van der Waals surface area contributed by atoms with E-state index in [1.165, 1.54) is 17.2 Å². The summed E-state index contributed by atoms with van der Waals surface area (Å²) in [7, 11) is 0. The molecule has 2 saturated carbocycles. The lowest BCUT2D eigenvalue weighted by atomic mass is 9.87. The van der Waals surface area contributed by atoms with Crippen LogP contribution >= 0.6 is 0 Å². The number of carbonyl (C=O) groups excluding carboxylic acids is 1. The minimum absolute atomic E-state index is 0.190. The van der Waals surface area contributed by atoms with E-state index in [1.54, 1.807) is 12.1 Å². The summed E-state index contributed by atoms with van der Waals surface area (Å²) in [5.74, 6) is 1.59. The summed E-state index contributed by atoms with van der Waals surface area (Å²) in [4.78, 5) is 17.3. The lowest BCUT2D eigenvalue weighted by Gasteiger charge is -2.26. The number of rotatable bonds is 3. The van der Waals surface area contributed by atoms with E-state index >= 15 is 0 Å². The number of halogens is 1. The molecule has 3 aliphatic rings. The van der Waals surface area contributed by atoms with Crippen molar-refractivity contribution in [1.82, 2.24) is 10.3 Å². The maximum absolute atomic E-state index is 13.8. The molecule has 0 spiro atoms.